The minimum absolute atomic E-state index is 0.321. The van der Waals surface area contributed by atoms with Crippen LogP contribution in [0.15, 0.2) is 33.5 Å². The number of hydrogen-bond donors (Lipinski definition) is 1. The summed E-state index contributed by atoms with van der Waals surface area (Å²) in [6.45, 7) is 0.447. The molecule has 2 rings (SSSR count). The highest BCUT2D eigenvalue weighted by atomic mass is 32.2. The topological polar surface area (TPSA) is 68.1 Å². The van der Waals surface area contributed by atoms with Crippen molar-refractivity contribution in [2.24, 2.45) is 0 Å². The standard InChI is InChI=1S/C11H11FN2O3S/c12-8-2-1-3-9(6-8)16-4-5-18-7-10-13-14-11(15)17-10/h1-3,6H,4-5,7H2,(H,14,15). The normalized spacial score (nSPS) is 10.5. The number of nitrogens with one attached hydrogen (secondary N) is 1. The smallest absolute Gasteiger partial charge is 0.434 e. The molecule has 2 aromatic rings. The molecule has 5 nitrogen and oxygen atoms in total. The zero-order chi connectivity index (χ0) is 12.8. The van der Waals surface area contributed by atoms with Crippen LogP contribution in [0.25, 0.3) is 0 Å². The predicted molar refractivity (Wildman–Crippen MR) is 65.2 cm³/mol. The number of aromatic nitrogens is 2. The van der Waals surface area contributed by atoms with Gasteiger partial charge in [0.25, 0.3) is 0 Å². The molecule has 7 heteroatoms. The Balaban J connectivity index is 1.66. The Bertz CT molecular complexity index is 555. The lowest BCUT2D eigenvalue weighted by Gasteiger charge is -2.04. The Morgan fingerprint density at radius 3 is 3.11 bits per heavy atom. The van der Waals surface area contributed by atoms with E-state index in [1.54, 1.807) is 12.1 Å². The van der Waals surface area contributed by atoms with Crippen molar-refractivity contribution in [3.8, 4) is 5.75 Å². The second-order valence-corrected chi connectivity index (χ2v) is 4.47. The summed E-state index contributed by atoms with van der Waals surface area (Å²) in [6.07, 6.45) is 0. The van der Waals surface area contributed by atoms with E-state index < -0.39 is 5.76 Å². The third kappa shape index (κ3) is 3.92. The number of hydrogen-bond acceptors (Lipinski definition) is 5. The van der Waals surface area contributed by atoms with Gasteiger partial charge in [-0.2, -0.15) is 0 Å². The first-order valence-corrected chi connectivity index (χ1v) is 6.40. The molecule has 0 atom stereocenters. The van der Waals surface area contributed by atoms with E-state index in [0.717, 1.165) is 0 Å². The predicted octanol–water partition coefficient (Wildman–Crippen LogP) is 1.81. The molecule has 0 radical (unpaired) electrons. The molecule has 96 valence electrons. The van der Waals surface area contributed by atoms with E-state index in [0.29, 0.717) is 29.8 Å². The fourth-order valence-electron chi connectivity index (χ4n) is 1.26. The lowest BCUT2D eigenvalue weighted by Crippen LogP contribution is -2.00. The lowest BCUT2D eigenvalue weighted by molar-refractivity contribution is 0.342. The Kier molecular flexibility index (Phi) is 4.40. The summed E-state index contributed by atoms with van der Waals surface area (Å²) in [5, 5.41) is 5.85. The van der Waals surface area contributed by atoms with Gasteiger partial charge in [-0.05, 0) is 12.1 Å². The van der Waals surface area contributed by atoms with Crippen LogP contribution in [0.3, 0.4) is 0 Å². The minimum Gasteiger partial charge on any atom is -0.493 e. The fraction of sp³-hybridized carbons (Fsp3) is 0.273. The second-order valence-electron chi connectivity index (χ2n) is 3.37. The molecule has 0 aliphatic carbocycles. The molecule has 0 fully saturated rings. The molecule has 0 aliphatic heterocycles. The number of halogens is 1. The fourth-order valence-corrected chi connectivity index (χ4v) is 1.90. The number of ether oxygens (including phenoxy) is 1. The summed E-state index contributed by atoms with van der Waals surface area (Å²) < 4.78 is 22.9. The van der Waals surface area contributed by atoms with Crippen LogP contribution in [0, 0.1) is 5.82 Å². The average Bonchev–Trinajstić information content (AvgIpc) is 2.75. The van der Waals surface area contributed by atoms with Gasteiger partial charge in [0.15, 0.2) is 0 Å². The third-order valence-electron chi connectivity index (χ3n) is 2.00. The van der Waals surface area contributed by atoms with Crippen molar-refractivity contribution < 1.29 is 13.5 Å². The van der Waals surface area contributed by atoms with E-state index in [-0.39, 0.29) is 5.82 Å². The van der Waals surface area contributed by atoms with Crippen molar-refractivity contribution in [2.45, 2.75) is 5.75 Å². The van der Waals surface area contributed by atoms with E-state index in [1.165, 1.54) is 23.9 Å². The van der Waals surface area contributed by atoms with E-state index >= 15 is 0 Å². The highest BCUT2D eigenvalue weighted by Gasteiger charge is 2.01. The maximum atomic E-state index is 12.8. The molecule has 0 aliphatic rings. The van der Waals surface area contributed by atoms with Gasteiger partial charge in [0, 0.05) is 11.8 Å². The van der Waals surface area contributed by atoms with Gasteiger partial charge >= 0.3 is 5.76 Å². The van der Waals surface area contributed by atoms with Crippen LogP contribution in [-0.4, -0.2) is 22.6 Å². The van der Waals surface area contributed by atoms with Crippen molar-refractivity contribution in [2.75, 3.05) is 12.4 Å². The molecule has 1 aromatic heterocycles. The van der Waals surface area contributed by atoms with Crippen LogP contribution in [0.1, 0.15) is 5.89 Å². The minimum atomic E-state index is -0.554. The molecular formula is C11H11FN2O3S. The third-order valence-corrected chi connectivity index (χ3v) is 2.91. The van der Waals surface area contributed by atoms with Gasteiger partial charge in [0.2, 0.25) is 5.89 Å². The molecule has 1 N–H and O–H groups in total. The van der Waals surface area contributed by atoms with Crippen molar-refractivity contribution in [3.05, 3.63) is 46.5 Å². The quantitative estimate of drug-likeness (QED) is 0.811. The summed E-state index contributed by atoms with van der Waals surface area (Å²) in [7, 11) is 0. The summed E-state index contributed by atoms with van der Waals surface area (Å²) in [4.78, 5) is 10.6. The molecule has 0 spiro atoms. The van der Waals surface area contributed by atoms with E-state index in [9.17, 15) is 9.18 Å². The first-order chi connectivity index (χ1) is 8.74. The van der Waals surface area contributed by atoms with Gasteiger partial charge < -0.3 is 9.15 Å². The van der Waals surface area contributed by atoms with Gasteiger partial charge in [-0.15, -0.1) is 16.9 Å². The van der Waals surface area contributed by atoms with Gasteiger partial charge in [-0.3, -0.25) is 0 Å². The summed E-state index contributed by atoms with van der Waals surface area (Å²) in [5.74, 6) is 1.16. The molecule has 0 saturated heterocycles. The van der Waals surface area contributed by atoms with E-state index in [4.69, 9.17) is 9.15 Å². The Hall–Kier alpha value is -1.76. The molecule has 0 bridgehead atoms. The second kappa shape index (κ2) is 6.25. The van der Waals surface area contributed by atoms with Crippen molar-refractivity contribution in [1.82, 2.24) is 10.2 Å². The number of nitrogens with zero attached hydrogens (tertiary/aromatic N) is 1. The van der Waals surface area contributed by atoms with E-state index in [1.807, 2.05) is 0 Å². The summed E-state index contributed by atoms with van der Waals surface area (Å²) in [6, 6.07) is 5.98. The van der Waals surface area contributed by atoms with Gasteiger partial charge in [0.05, 0.1) is 12.4 Å². The largest absolute Gasteiger partial charge is 0.493 e. The first kappa shape index (κ1) is 12.7. The SMILES string of the molecule is O=c1[nH]nc(CSCCOc2cccc(F)c2)o1. The Morgan fingerprint density at radius 2 is 2.39 bits per heavy atom. The zero-order valence-electron chi connectivity index (χ0n) is 9.39. The van der Waals surface area contributed by atoms with E-state index in [2.05, 4.69) is 10.2 Å². The Labute approximate surface area is 106 Å². The maximum absolute atomic E-state index is 12.8. The highest BCUT2D eigenvalue weighted by molar-refractivity contribution is 7.98. The monoisotopic (exact) mass is 270 g/mol. The number of H-pyrrole nitrogens is 1. The molecule has 0 saturated carbocycles. The van der Waals surface area contributed by atoms with Gasteiger partial charge in [-0.1, -0.05) is 6.07 Å². The number of thioether (sulfide) groups is 1. The van der Waals surface area contributed by atoms with Crippen LogP contribution < -0.4 is 10.5 Å². The van der Waals surface area contributed by atoms with Gasteiger partial charge in [-0.25, -0.2) is 14.3 Å². The van der Waals surface area contributed by atoms with Gasteiger partial charge in [0.1, 0.15) is 11.6 Å². The van der Waals surface area contributed by atoms with Crippen molar-refractivity contribution in [1.29, 1.82) is 0 Å². The summed E-state index contributed by atoms with van der Waals surface area (Å²) >= 11 is 1.51. The summed E-state index contributed by atoms with van der Waals surface area (Å²) in [5.41, 5.74) is 0. The highest BCUT2D eigenvalue weighted by Crippen LogP contribution is 2.13. The van der Waals surface area contributed by atoms with Crippen LogP contribution in [0.2, 0.25) is 0 Å². The number of rotatable bonds is 6. The zero-order valence-corrected chi connectivity index (χ0v) is 10.2. The Morgan fingerprint density at radius 1 is 1.50 bits per heavy atom. The van der Waals surface area contributed by atoms with Crippen LogP contribution in [0.5, 0.6) is 5.75 Å². The van der Waals surface area contributed by atoms with Crippen molar-refractivity contribution in [3.63, 3.8) is 0 Å². The number of aromatic amines is 1. The van der Waals surface area contributed by atoms with Crippen LogP contribution >= 0.6 is 11.8 Å². The molecule has 18 heavy (non-hydrogen) atoms. The molecule has 0 amide bonds. The average molecular weight is 270 g/mol. The molecule has 0 unspecified atom stereocenters. The van der Waals surface area contributed by atoms with Crippen LogP contribution in [0.4, 0.5) is 4.39 Å². The molecular weight excluding hydrogens is 259 g/mol. The maximum Gasteiger partial charge on any atom is 0.434 e. The molecule has 1 heterocycles. The van der Waals surface area contributed by atoms with Crippen LogP contribution in [-0.2, 0) is 5.75 Å². The van der Waals surface area contributed by atoms with Crippen molar-refractivity contribution >= 4 is 11.8 Å². The number of benzene rings is 1. The molecule has 1 aromatic carbocycles. The lowest BCUT2D eigenvalue weighted by atomic mass is 10.3. The first-order valence-electron chi connectivity index (χ1n) is 5.24.